The van der Waals surface area contributed by atoms with Gasteiger partial charge in [0.2, 0.25) is 0 Å². The predicted octanol–water partition coefficient (Wildman–Crippen LogP) is 0.702. The third-order valence-corrected chi connectivity index (χ3v) is 5.41. The molecule has 0 atom stereocenters. The Morgan fingerprint density at radius 3 is 2.68 bits per heavy atom. The summed E-state index contributed by atoms with van der Waals surface area (Å²) in [6.07, 6.45) is 7.83. The molecule has 0 saturated heterocycles. The normalized spacial score (nSPS) is 17.4. The molecular formula is C12H22N4O2S. The van der Waals surface area contributed by atoms with Crippen LogP contribution in [0.2, 0.25) is 0 Å². The van der Waals surface area contributed by atoms with Crippen LogP contribution in [0.5, 0.6) is 0 Å². The van der Waals surface area contributed by atoms with E-state index in [0.717, 1.165) is 25.7 Å². The molecule has 1 saturated carbocycles. The Balaban J connectivity index is 2.25. The lowest BCUT2D eigenvalue weighted by Gasteiger charge is -2.27. The number of hydrogen-bond acceptors (Lipinski definition) is 4. The second-order valence-corrected chi connectivity index (χ2v) is 6.91. The minimum absolute atomic E-state index is 0.110. The largest absolute Gasteiger partial charge is 0.339 e. The van der Waals surface area contributed by atoms with Gasteiger partial charge in [-0.1, -0.05) is 12.8 Å². The molecule has 0 aliphatic heterocycles. The molecule has 108 valence electrons. The average molecular weight is 286 g/mol. The van der Waals surface area contributed by atoms with Crippen LogP contribution < -0.4 is 5.73 Å². The molecule has 1 fully saturated rings. The molecule has 0 radical (unpaired) electrons. The van der Waals surface area contributed by atoms with Gasteiger partial charge in [0.05, 0.1) is 6.33 Å². The van der Waals surface area contributed by atoms with Crippen molar-refractivity contribution < 1.29 is 8.42 Å². The van der Waals surface area contributed by atoms with Crippen molar-refractivity contribution in [1.29, 1.82) is 0 Å². The van der Waals surface area contributed by atoms with E-state index in [1.807, 2.05) is 0 Å². The molecule has 0 spiro atoms. The number of aromatic nitrogens is 2. The van der Waals surface area contributed by atoms with Crippen LogP contribution in [0.4, 0.5) is 0 Å². The van der Waals surface area contributed by atoms with Gasteiger partial charge in [0.15, 0.2) is 5.03 Å². The molecule has 1 aromatic rings. The van der Waals surface area contributed by atoms with Gasteiger partial charge in [-0.3, -0.25) is 0 Å². The lowest BCUT2D eigenvalue weighted by atomic mass is 10.2. The zero-order valence-electron chi connectivity index (χ0n) is 11.3. The van der Waals surface area contributed by atoms with Gasteiger partial charge in [-0.15, -0.1) is 0 Å². The van der Waals surface area contributed by atoms with Crippen LogP contribution in [0.15, 0.2) is 17.6 Å². The van der Waals surface area contributed by atoms with Crippen LogP contribution in [-0.2, 0) is 17.1 Å². The maximum Gasteiger partial charge on any atom is 0.262 e. The maximum absolute atomic E-state index is 12.6. The van der Waals surface area contributed by atoms with Crippen molar-refractivity contribution in [1.82, 2.24) is 13.9 Å². The summed E-state index contributed by atoms with van der Waals surface area (Å²) >= 11 is 0. The van der Waals surface area contributed by atoms with E-state index < -0.39 is 10.0 Å². The summed E-state index contributed by atoms with van der Waals surface area (Å²) < 4.78 is 28.6. The molecule has 1 aromatic heterocycles. The van der Waals surface area contributed by atoms with E-state index in [0.29, 0.717) is 19.5 Å². The number of rotatable bonds is 6. The van der Waals surface area contributed by atoms with Crippen LogP contribution in [0.1, 0.15) is 32.1 Å². The number of aryl methyl sites for hydroxylation is 1. The molecule has 0 bridgehead atoms. The van der Waals surface area contributed by atoms with Crippen molar-refractivity contribution in [3.8, 4) is 0 Å². The second kappa shape index (κ2) is 6.02. The van der Waals surface area contributed by atoms with Gasteiger partial charge < -0.3 is 10.3 Å². The summed E-state index contributed by atoms with van der Waals surface area (Å²) in [5.74, 6) is 0. The lowest BCUT2D eigenvalue weighted by Crippen LogP contribution is -2.40. The number of imidazole rings is 1. The molecule has 7 heteroatoms. The molecule has 1 heterocycles. The zero-order valence-corrected chi connectivity index (χ0v) is 12.1. The second-order valence-electron chi connectivity index (χ2n) is 5.07. The van der Waals surface area contributed by atoms with Gasteiger partial charge >= 0.3 is 0 Å². The van der Waals surface area contributed by atoms with Gasteiger partial charge in [-0.05, 0) is 25.8 Å². The first-order valence-electron chi connectivity index (χ1n) is 6.75. The van der Waals surface area contributed by atoms with Crippen molar-refractivity contribution in [2.45, 2.75) is 43.2 Å². The maximum atomic E-state index is 12.6. The van der Waals surface area contributed by atoms with Crippen LogP contribution in [0, 0.1) is 0 Å². The zero-order chi connectivity index (χ0) is 13.9. The molecule has 0 amide bonds. The van der Waals surface area contributed by atoms with Crippen LogP contribution in [0.25, 0.3) is 0 Å². The van der Waals surface area contributed by atoms with E-state index in [1.165, 1.54) is 6.33 Å². The van der Waals surface area contributed by atoms with Crippen molar-refractivity contribution in [3.05, 3.63) is 12.5 Å². The number of hydrogen-bond donors (Lipinski definition) is 1. The summed E-state index contributed by atoms with van der Waals surface area (Å²) in [6.45, 7) is 0.987. The molecule has 19 heavy (non-hydrogen) atoms. The van der Waals surface area contributed by atoms with Gasteiger partial charge in [-0.2, -0.15) is 4.31 Å². The SMILES string of the molecule is Cn1cnc(S(=O)(=O)N(CCCN)C2CCCC2)c1. The Bertz CT molecular complexity index is 506. The van der Waals surface area contributed by atoms with E-state index in [-0.39, 0.29) is 11.1 Å². The van der Waals surface area contributed by atoms with E-state index in [2.05, 4.69) is 4.98 Å². The van der Waals surface area contributed by atoms with Crippen LogP contribution in [-0.4, -0.2) is 41.4 Å². The Labute approximate surface area is 114 Å². The standard InChI is InChI=1S/C12H22N4O2S/c1-15-9-12(14-10-15)19(17,18)16(8-4-7-13)11-5-2-3-6-11/h9-11H,2-8,13H2,1H3. The highest BCUT2D eigenvalue weighted by molar-refractivity contribution is 7.89. The third-order valence-electron chi connectivity index (χ3n) is 3.57. The Morgan fingerprint density at radius 1 is 1.47 bits per heavy atom. The first-order chi connectivity index (χ1) is 9.05. The molecule has 6 nitrogen and oxygen atoms in total. The molecule has 2 N–H and O–H groups in total. The average Bonchev–Trinajstić information content (AvgIpc) is 3.00. The Morgan fingerprint density at radius 2 is 2.16 bits per heavy atom. The quantitative estimate of drug-likeness (QED) is 0.834. The molecular weight excluding hydrogens is 264 g/mol. The van der Waals surface area contributed by atoms with Crippen molar-refractivity contribution in [3.63, 3.8) is 0 Å². The molecule has 2 rings (SSSR count). The number of sulfonamides is 1. The van der Waals surface area contributed by atoms with Crippen molar-refractivity contribution in [2.24, 2.45) is 12.8 Å². The van der Waals surface area contributed by atoms with E-state index in [1.54, 1.807) is 22.1 Å². The monoisotopic (exact) mass is 286 g/mol. The first-order valence-corrected chi connectivity index (χ1v) is 8.19. The summed E-state index contributed by atoms with van der Waals surface area (Å²) in [7, 11) is -1.72. The van der Waals surface area contributed by atoms with Crippen molar-refractivity contribution in [2.75, 3.05) is 13.1 Å². The fourth-order valence-electron chi connectivity index (χ4n) is 2.58. The fraction of sp³-hybridized carbons (Fsp3) is 0.750. The third kappa shape index (κ3) is 3.16. The Hall–Kier alpha value is -0.920. The Kier molecular flexibility index (Phi) is 4.59. The highest BCUT2D eigenvalue weighted by Crippen LogP contribution is 2.28. The first kappa shape index (κ1) is 14.5. The van der Waals surface area contributed by atoms with E-state index in [4.69, 9.17) is 5.73 Å². The summed E-state index contributed by atoms with van der Waals surface area (Å²) in [6, 6.07) is 0.110. The number of nitrogens with two attached hydrogens (primary N) is 1. The topological polar surface area (TPSA) is 81.2 Å². The van der Waals surface area contributed by atoms with E-state index in [9.17, 15) is 8.42 Å². The van der Waals surface area contributed by atoms with Gasteiger partial charge in [0.1, 0.15) is 0 Å². The summed E-state index contributed by atoms with van der Waals surface area (Å²) in [5.41, 5.74) is 5.52. The van der Waals surface area contributed by atoms with Gasteiger partial charge in [0, 0.05) is 25.8 Å². The van der Waals surface area contributed by atoms with Crippen LogP contribution in [0.3, 0.4) is 0 Å². The summed E-state index contributed by atoms with van der Waals surface area (Å²) in [5, 5.41) is 0.138. The molecule has 1 aliphatic carbocycles. The highest BCUT2D eigenvalue weighted by Gasteiger charge is 2.33. The smallest absolute Gasteiger partial charge is 0.262 e. The fourth-order valence-corrected chi connectivity index (χ4v) is 4.27. The highest BCUT2D eigenvalue weighted by atomic mass is 32.2. The molecule has 1 aliphatic rings. The molecule has 0 unspecified atom stereocenters. The van der Waals surface area contributed by atoms with E-state index >= 15 is 0 Å². The van der Waals surface area contributed by atoms with Gasteiger partial charge in [0.25, 0.3) is 10.0 Å². The van der Waals surface area contributed by atoms with Crippen LogP contribution >= 0.6 is 0 Å². The van der Waals surface area contributed by atoms with Crippen molar-refractivity contribution >= 4 is 10.0 Å². The predicted molar refractivity (Wildman–Crippen MR) is 73.0 cm³/mol. The van der Waals surface area contributed by atoms with Gasteiger partial charge in [-0.25, -0.2) is 13.4 Å². The lowest BCUT2D eigenvalue weighted by molar-refractivity contribution is 0.319. The number of nitrogens with zero attached hydrogens (tertiary/aromatic N) is 3. The minimum Gasteiger partial charge on any atom is -0.339 e. The summed E-state index contributed by atoms with van der Waals surface area (Å²) in [4.78, 5) is 3.99. The minimum atomic E-state index is -3.49. The molecule has 0 aromatic carbocycles.